The molecule has 8 nitrogen and oxygen atoms in total. The molecule has 0 unspecified atom stereocenters. The predicted octanol–water partition coefficient (Wildman–Crippen LogP) is 4.62. The molecule has 1 aliphatic rings. The Kier molecular flexibility index (Phi) is 9.71. The first-order valence-electron chi connectivity index (χ1n) is 12.3. The Balaban J connectivity index is 2.34. The van der Waals surface area contributed by atoms with Crippen LogP contribution in [-0.2, 0) is 24.0 Å². The Labute approximate surface area is 211 Å². The van der Waals surface area contributed by atoms with Crippen molar-refractivity contribution in [2.45, 2.75) is 95.4 Å². The molecule has 10 heteroatoms. The van der Waals surface area contributed by atoms with Gasteiger partial charge in [-0.25, -0.2) is 17.9 Å². The van der Waals surface area contributed by atoms with Crippen molar-refractivity contribution < 1.29 is 27.2 Å². The van der Waals surface area contributed by atoms with E-state index in [9.17, 15) is 18.0 Å². The van der Waals surface area contributed by atoms with Crippen molar-refractivity contribution in [3.63, 3.8) is 0 Å². The molecule has 35 heavy (non-hydrogen) atoms. The molecule has 1 heterocycles. The number of ether oxygens (including phenoxy) is 1. The summed E-state index contributed by atoms with van der Waals surface area (Å²) in [5.74, 6) is -0.402. The number of amides is 1. The van der Waals surface area contributed by atoms with E-state index in [1.165, 1.54) is 12.1 Å². The number of hydrogen-bond acceptors (Lipinski definition) is 6. The number of ketones is 1. The summed E-state index contributed by atoms with van der Waals surface area (Å²) in [5.41, 5.74) is 0.360. The largest absolute Gasteiger partial charge is 0.449 e. The monoisotopic (exact) mass is 526 g/mol. The Bertz CT molecular complexity index is 957. The fourth-order valence-corrected chi connectivity index (χ4v) is 12.0. The number of alkyl carbamates (subject to hydrolysis) is 1. The molecule has 1 fully saturated rings. The van der Waals surface area contributed by atoms with Crippen LogP contribution >= 0.6 is 0 Å². The molecule has 2 atom stereocenters. The van der Waals surface area contributed by atoms with Gasteiger partial charge in [0.05, 0.1) is 10.9 Å². The topological polar surface area (TPSA) is 111 Å². The highest BCUT2D eigenvalue weighted by molar-refractivity contribution is 7.89. The van der Waals surface area contributed by atoms with Crippen LogP contribution in [0.1, 0.15) is 61.8 Å². The van der Waals surface area contributed by atoms with E-state index >= 15 is 0 Å². The van der Waals surface area contributed by atoms with Crippen molar-refractivity contribution in [1.82, 2.24) is 10.0 Å². The highest BCUT2D eigenvalue weighted by atomic mass is 32.2. The molecular weight excluding hydrogens is 484 g/mol. The maximum atomic E-state index is 13.7. The van der Waals surface area contributed by atoms with E-state index in [-0.39, 0.29) is 24.5 Å². The number of carbonyl (C=O) groups excluding carboxylic acids is 2. The third kappa shape index (κ3) is 6.72. The summed E-state index contributed by atoms with van der Waals surface area (Å²) in [7, 11) is -6.18. The normalized spacial score (nSPS) is 19.5. The van der Waals surface area contributed by atoms with Gasteiger partial charge in [-0.1, -0.05) is 73.6 Å². The molecule has 2 N–H and O–H groups in total. The third-order valence-electron chi connectivity index (χ3n) is 7.06. The Hall–Kier alpha value is -1.75. The first-order valence-corrected chi connectivity index (χ1v) is 16.0. The van der Waals surface area contributed by atoms with Crippen LogP contribution in [0.5, 0.6) is 0 Å². The van der Waals surface area contributed by atoms with E-state index < -0.39 is 47.7 Å². The van der Waals surface area contributed by atoms with E-state index in [2.05, 4.69) is 51.6 Å². The summed E-state index contributed by atoms with van der Waals surface area (Å²) < 4.78 is 40.5. The van der Waals surface area contributed by atoms with Gasteiger partial charge in [0.15, 0.2) is 14.1 Å². The minimum absolute atomic E-state index is 0.0635. The van der Waals surface area contributed by atoms with Gasteiger partial charge in [-0.15, -0.1) is 0 Å². The average Bonchev–Trinajstić information content (AvgIpc) is 2.76. The number of rotatable bonds is 12. The maximum absolute atomic E-state index is 13.7. The van der Waals surface area contributed by atoms with Crippen molar-refractivity contribution in [3.8, 4) is 0 Å². The van der Waals surface area contributed by atoms with Gasteiger partial charge in [0, 0.05) is 12.0 Å². The second-order valence-electron chi connectivity index (χ2n) is 11.0. The van der Waals surface area contributed by atoms with Gasteiger partial charge >= 0.3 is 6.09 Å². The van der Waals surface area contributed by atoms with Crippen LogP contribution in [0.3, 0.4) is 0 Å². The van der Waals surface area contributed by atoms with Gasteiger partial charge < -0.3 is 14.5 Å². The first kappa shape index (κ1) is 29.5. The lowest BCUT2D eigenvalue weighted by molar-refractivity contribution is -0.128. The third-order valence-corrected chi connectivity index (χ3v) is 14.7. The number of sulfonamides is 1. The van der Waals surface area contributed by atoms with Crippen LogP contribution in [0.2, 0.25) is 16.6 Å². The Morgan fingerprint density at radius 3 is 2.17 bits per heavy atom. The van der Waals surface area contributed by atoms with Crippen molar-refractivity contribution >= 4 is 30.2 Å². The number of Topliss-reactive ketones (excluding diaryl/α,β-unsaturated/α-hetero) is 1. The van der Waals surface area contributed by atoms with Crippen LogP contribution in [0.25, 0.3) is 0 Å². The zero-order valence-corrected chi connectivity index (χ0v) is 24.1. The number of nitrogens with one attached hydrogen (secondary N) is 2. The zero-order chi connectivity index (χ0) is 26.6. The standard InChI is InChI=1S/C25H42N2O6SSi/c1-17(2)35(18(3)4,19(5)6)33-15-14-21(27-34(30,31)20-12-10-9-11-13-20)22(28)23-25(7,8)16-32-24(29)26-23/h9-13,17-19,21,23,27H,14-16H2,1-8H3,(H,26,29)/t21-,23+/m0/s1. The van der Waals surface area contributed by atoms with E-state index in [0.717, 1.165) is 0 Å². The molecule has 1 aliphatic heterocycles. The molecule has 0 saturated carbocycles. The van der Waals surface area contributed by atoms with E-state index in [4.69, 9.17) is 9.16 Å². The van der Waals surface area contributed by atoms with Gasteiger partial charge in [-0.05, 0) is 35.2 Å². The SMILES string of the molecule is CC(C)[Si](OCC[C@H](NS(=O)(=O)c1ccccc1)C(=O)[C@H]1NC(=O)OCC1(C)C)(C(C)C)C(C)C. The minimum Gasteiger partial charge on any atom is -0.449 e. The quantitative estimate of drug-likeness (QED) is 0.385. The molecule has 2 rings (SSSR count). The van der Waals surface area contributed by atoms with Crippen LogP contribution in [0, 0.1) is 5.41 Å². The second kappa shape index (κ2) is 11.5. The summed E-state index contributed by atoms with van der Waals surface area (Å²) in [6.45, 7) is 17.0. The highest BCUT2D eigenvalue weighted by Crippen LogP contribution is 2.42. The molecule has 1 amide bonds. The molecule has 1 aromatic rings. The number of carbonyl (C=O) groups is 2. The minimum atomic E-state index is -3.97. The lowest BCUT2D eigenvalue weighted by Crippen LogP contribution is -2.61. The summed E-state index contributed by atoms with van der Waals surface area (Å²) in [6.07, 6.45) is -0.524. The van der Waals surface area contributed by atoms with Gasteiger partial charge in [-0.2, -0.15) is 0 Å². The molecule has 0 spiro atoms. The summed E-state index contributed by atoms with van der Waals surface area (Å²) >= 11 is 0. The lowest BCUT2D eigenvalue weighted by Gasteiger charge is -2.42. The van der Waals surface area contributed by atoms with Gasteiger partial charge in [-0.3, -0.25) is 4.79 Å². The van der Waals surface area contributed by atoms with E-state index in [1.807, 2.05) is 13.8 Å². The van der Waals surface area contributed by atoms with Crippen molar-refractivity contribution in [1.29, 1.82) is 0 Å². The summed E-state index contributed by atoms with van der Waals surface area (Å²) in [5, 5.41) is 2.60. The maximum Gasteiger partial charge on any atom is 0.407 e. The smallest absolute Gasteiger partial charge is 0.407 e. The lowest BCUT2D eigenvalue weighted by atomic mass is 9.80. The molecule has 0 bridgehead atoms. The van der Waals surface area contributed by atoms with Crippen molar-refractivity contribution in [3.05, 3.63) is 30.3 Å². The summed E-state index contributed by atoms with van der Waals surface area (Å²) in [4.78, 5) is 25.7. The molecule has 1 aromatic carbocycles. The van der Waals surface area contributed by atoms with Crippen LogP contribution in [-0.4, -0.2) is 53.9 Å². The number of benzene rings is 1. The Morgan fingerprint density at radius 2 is 1.66 bits per heavy atom. The van der Waals surface area contributed by atoms with Gasteiger partial charge in [0.1, 0.15) is 12.6 Å². The average molecular weight is 527 g/mol. The molecular formula is C25H42N2O6SSi. The fraction of sp³-hybridized carbons (Fsp3) is 0.680. The predicted molar refractivity (Wildman–Crippen MR) is 139 cm³/mol. The van der Waals surface area contributed by atoms with Crippen LogP contribution < -0.4 is 10.0 Å². The number of hydrogen-bond donors (Lipinski definition) is 2. The van der Waals surface area contributed by atoms with Crippen molar-refractivity contribution in [2.24, 2.45) is 5.41 Å². The molecule has 0 radical (unpaired) electrons. The zero-order valence-electron chi connectivity index (χ0n) is 22.3. The molecule has 0 aromatic heterocycles. The second-order valence-corrected chi connectivity index (χ2v) is 18.2. The summed E-state index contributed by atoms with van der Waals surface area (Å²) in [6, 6.07) is 5.98. The highest BCUT2D eigenvalue weighted by Gasteiger charge is 2.47. The number of cyclic esters (lactones) is 1. The molecule has 1 saturated heterocycles. The first-order chi connectivity index (χ1) is 16.1. The van der Waals surface area contributed by atoms with Gasteiger partial charge in [0.25, 0.3) is 0 Å². The van der Waals surface area contributed by atoms with E-state index in [0.29, 0.717) is 16.6 Å². The van der Waals surface area contributed by atoms with E-state index in [1.54, 1.807) is 18.2 Å². The van der Waals surface area contributed by atoms with Crippen LogP contribution in [0.15, 0.2) is 35.2 Å². The van der Waals surface area contributed by atoms with Crippen molar-refractivity contribution in [2.75, 3.05) is 13.2 Å². The fourth-order valence-electron chi connectivity index (χ4n) is 5.31. The molecule has 198 valence electrons. The molecule has 0 aliphatic carbocycles. The van der Waals surface area contributed by atoms with Crippen LogP contribution in [0.4, 0.5) is 4.79 Å². The van der Waals surface area contributed by atoms with Gasteiger partial charge in [0.2, 0.25) is 10.0 Å². The Morgan fingerprint density at radius 1 is 1.11 bits per heavy atom.